The van der Waals surface area contributed by atoms with Crippen LogP contribution < -0.4 is 5.32 Å². The Hall–Kier alpha value is -3.74. The Morgan fingerprint density at radius 1 is 1.03 bits per heavy atom. The number of benzene rings is 2. The van der Waals surface area contributed by atoms with E-state index >= 15 is 0 Å². The van der Waals surface area contributed by atoms with Crippen LogP contribution in [0, 0.1) is 0 Å². The van der Waals surface area contributed by atoms with Crippen molar-refractivity contribution < 1.29 is 24.2 Å². The molecule has 2 aromatic carbocycles. The van der Waals surface area contributed by atoms with Gasteiger partial charge in [0.1, 0.15) is 0 Å². The number of aromatic nitrogens is 1. The first-order valence-electron chi connectivity index (χ1n) is 9.24. The lowest BCUT2D eigenvalue weighted by Crippen LogP contribution is -2.22. The third-order valence-corrected chi connectivity index (χ3v) is 4.89. The van der Waals surface area contributed by atoms with E-state index in [0.29, 0.717) is 10.9 Å². The molecule has 29 heavy (non-hydrogen) atoms. The van der Waals surface area contributed by atoms with E-state index in [1.54, 1.807) is 12.1 Å². The molecule has 146 valence electrons. The maximum atomic E-state index is 12.8. The number of rotatable bonds is 5. The van der Waals surface area contributed by atoms with Gasteiger partial charge in [0.15, 0.2) is 6.61 Å². The Bertz CT molecular complexity index is 1140. The fourth-order valence-electron chi connectivity index (χ4n) is 3.61. The molecule has 1 heterocycles. The quantitative estimate of drug-likeness (QED) is 0.648. The van der Waals surface area contributed by atoms with Crippen LogP contribution in [0.25, 0.3) is 10.9 Å². The van der Waals surface area contributed by atoms with Gasteiger partial charge in [0.05, 0.1) is 22.3 Å². The van der Waals surface area contributed by atoms with E-state index < -0.39 is 24.5 Å². The first-order chi connectivity index (χ1) is 14.0. The molecule has 0 spiro atoms. The number of aromatic carboxylic acids is 1. The molecule has 0 bridgehead atoms. The average molecular weight is 390 g/mol. The highest BCUT2D eigenvalue weighted by molar-refractivity contribution is 6.06. The zero-order chi connectivity index (χ0) is 20.4. The fourth-order valence-corrected chi connectivity index (χ4v) is 3.61. The largest absolute Gasteiger partial charge is 0.478 e. The number of ether oxygens (including phenoxy) is 1. The number of esters is 1. The number of nitrogens with one attached hydrogen (secondary N) is 1. The molecule has 4 rings (SSSR count). The van der Waals surface area contributed by atoms with Gasteiger partial charge in [-0.15, -0.1) is 0 Å². The van der Waals surface area contributed by atoms with Crippen LogP contribution in [0.4, 0.5) is 5.69 Å². The molecular formula is C22H18N2O5. The number of carboxylic acids is 1. The van der Waals surface area contributed by atoms with Crippen LogP contribution in [-0.2, 0) is 22.4 Å². The standard InChI is InChI=1S/C22H18N2O5/c25-19(24-18-10-4-2-7-15(18)21(26)27)12-29-22(28)20-13-6-1-3-9-16(13)23-17-11-5-8-14(17)20/h1-4,6-7,9-10H,5,8,11-12H2,(H,24,25)(H,26,27). The molecule has 7 heteroatoms. The van der Waals surface area contributed by atoms with Crippen molar-refractivity contribution in [2.45, 2.75) is 19.3 Å². The van der Waals surface area contributed by atoms with Crippen molar-refractivity contribution in [2.24, 2.45) is 0 Å². The number of nitrogens with zero attached hydrogens (tertiary/aromatic N) is 1. The van der Waals surface area contributed by atoms with Gasteiger partial charge in [0.2, 0.25) is 0 Å². The van der Waals surface area contributed by atoms with Gasteiger partial charge in [0, 0.05) is 11.1 Å². The van der Waals surface area contributed by atoms with Crippen molar-refractivity contribution in [1.82, 2.24) is 4.98 Å². The molecule has 1 aromatic heterocycles. The summed E-state index contributed by atoms with van der Waals surface area (Å²) in [5, 5.41) is 12.4. The van der Waals surface area contributed by atoms with Gasteiger partial charge in [-0.05, 0) is 43.0 Å². The summed E-state index contributed by atoms with van der Waals surface area (Å²) in [7, 11) is 0. The average Bonchev–Trinajstić information content (AvgIpc) is 3.18. The molecule has 0 unspecified atom stereocenters. The van der Waals surface area contributed by atoms with E-state index in [-0.39, 0.29) is 11.3 Å². The van der Waals surface area contributed by atoms with Gasteiger partial charge in [-0.1, -0.05) is 30.3 Å². The minimum absolute atomic E-state index is 0.0369. The zero-order valence-electron chi connectivity index (χ0n) is 15.5. The lowest BCUT2D eigenvalue weighted by atomic mass is 10.0. The van der Waals surface area contributed by atoms with Gasteiger partial charge in [-0.2, -0.15) is 0 Å². The van der Waals surface area contributed by atoms with Gasteiger partial charge in [-0.3, -0.25) is 9.78 Å². The summed E-state index contributed by atoms with van der Waals surface area (Å²) in [5.41, 5.74) is 3.07. The summed E-state index contributed by atoms with van der Waals surface area (Å²) in [4.78, 5) is 40.9. The fraction of sp³-hybridized carbons (Fsp3) is 0.182. The van der Waals surface area contributed by atoms with E-state index in [1.807, 2.05) is 24.3 Å². The summed E-state index contributed by atoms with van der Waals surface area (Å²) in [6.45, 7) is -0.516. The molecule has 1 aliphatic carbocycles. The van der Waals surface area contributed by atoms with Crippen LogP contribution >= 0.6 is 0 Å². The number of hydrogen-bond acceptors (Lipinski definition) is 5. The lowest BCUT2D eigenvalue weighted by molar-refractivity contribution is -0.119. The molecule has 1 aliphatic rings. The predicted octanol–water partition coefficient (Wildman–Crippen LogP) is 3.22. The maximum Gasteiger partial charge on any atom is 0.339 e. The number of aryl methyl sites for hydroxylation is 1. The number of fused-ring (bicyclic) bond motifs is 2. The van der Waals surface area contributed by atoms with E-state index in [2.05, 4.69) is 10.3 Å². The van der Waals surface area contributed by atoms with Gasteiger partial charge in [-0.25, -0.2) is 9.59 Å². The minimum atomic E-state index is -1.16. The van der Waals surface area contributed by atoms with Crippen LogP contribution in [-0.4, -0.2) is 34.5 Å². The van der Waals surface area contributed by atoms with Crippen LogP contribution in [0.1, 0.15) is 38.4 Å². The van der Waals surface area contributed by atoms with E-state index in [4.69, 9.17) is 4.74 Å². The van der Waals surface area contributed by atoms with Crippen LogP contribution in [0.5, 0.6) is 0 Å². The Morgan fingerprint density at radius 2 is 1.79 bits per heavy atom. The van der Waals surface area contributed by atoms with Gasteiger partial charge >= 0.3 is 11.9 Å². The first-order valence-corrected chi connectivity index (χ1v) is 9.24. The zero-order valence-corrected chi connectivity index (χ0v) is 15.5. The third-order valence-electron chi connectivity index (χ3n) is 4.89. The summed E-state index contributed by atoms with van der Waals surface area (Å²) in [6, 6.07) is 13.4. The van der Waals surface area contributed by atoms with Crippen molar-refractivity contribution in [3.8, 4) is 0 Å². The number of para-hydroxylation sites is 2. The predicted molar refractivity (Wildman–Crippen MR) is 106 cm³/mol. The Balaban J connectivity index is 1.53. The Labute approximate surface area is 166 Å². The molecular weight excluding hydrogens is 372 g/mol. The maximum absolute atomic E-state index is 12.8. The number of hydrogen-bond donors (Lipinski definition) is 2. The molecule has 7 nitrogen and oxygen atoms in total. The van der Waals surface area contributed by atoms with E-state index in [1.165, 1.54) is 12.1 Å². The minimum Gasteiger partial charge on any atom is -0.478 e. The molecule has 0 saturated carbocycles. The van der Waals surface area contributed by atoms with Crippen LogP contribution in [0.3, 0.4) is 0 Å². The second-order valence-electron chi connectivity index (χ2n) is 6.76. The van der Waals surface area contributed by atoms with Crippen molar-refractivity contribution in [2.75, 3.05) is 11.9 Å². The summed E-state index contributed by atoms with van der Waals surface area (Å²) in [5.74, 6) is -2.35. The van der Waals surface area contributed by atoms with Gasteiger partial charge < -0.3 is 15.2 Å². The number of amides is 1. The number of carbonyl (C=O) groups is 3. The number of pyridine rings is 1. The smallest absolute Gasteiger partial charge is 0.339 e. The summed E-state index contributed by atoms with van der Waals surface area (Å²) < 4.78 is 5.27. The molecule has 0 radical (unpaired) electrons. The highest BCUT2D eigenvalue weighted by Gasteiger charge is 2.25. The normalized spacial score (nSPS) is 12.4. The highest BCUT2D eigenvalue weighted by Crippen LogP contribution is 2.30. The summed E-state index contributed by atoms with van der Waals surface area (Å²) >= 11 is 0. The lowest BCUT2D eigenvalue weighted by Gasteiger charge is -2.12. The molecule has 0 fully saturated rings. The van der Waals surface area contributed by atoms with Crippen molar-refractivity contribution in [1.29, 1.82) is 0 Å². The number of carbonyl (C=O) groups excluding carboxylic acids is 2. The van der Waals surface area contributed by atoms with Crippen LogP contribution in [0.2, 0.25) is 0 Å². The second kappa shape index (κ2) is 7.71. The van der Waals surface area contributed by atoms with Crippen molar-refractivity contribution in [3.05, 3.63) is 70.9 Å². The second-order valence-corrected chi connectivity index (χ2v) is 6.76. The van der Waals surface area contributed by atoms with Gasteiger partial charge in [0.25, 0.3) is 5.91 Å². The summed E-state index contributed by atoms with van der Waals surface area (Å²) in [6.07, 6.45) is 2.48. The molecule has 2 N–H and O–H groups in total. The third kappa shape index (κ3) is 3.67. The SMILES string of the molecule is O=C(COC(=O)c1c2c(nc3ccccc13)CCC2)Nc1ccccc1C(=O)O. The number of anilines is 1. The molecule has 0 atom stereocenters. The first kappa shape index (κ1) is 18.6. The van der Waals surface area contributed by atoms with E-state index in [9.17, 15) is 19.5 Å². The Kier molecular flexibility index (Phi) is 4.95. The molecule has 0 saturated heterocycles. The molecule has 1 amide bonds. The molecule has 0 aliphatic heterocycles. The van der Waals surface area contributed by atoms with Crippen molar-refractivity contribution in [3.63, 3.8) is 0 Å². The monoisotopic (exact) mass is 390 g/mol. The number of carboxylic acid groups (broad SMARTS) is 1. The topological polar surface area (TPSA) is 106 Å². The molecule has 3 aromatic rings. The van der Waals surface area contributed by atoms with E-state index in [0.717, 1.165) is 36.0 Å². The highest BCUT2D eigenvalue weighted by atomic mass is 16.5. The Morgan fingerprint density at radius 3 is 2.62 bits per heavy atom. The van der Waals surface area contributed by atoms with Crippen molar-refractivity contribution >= 4 is 34.4 Å². The van der Waals surface area contributed by atoms with Crippen LogP contribution in [0.15, 0.2) is 48.5 Å².